The Kier molecular flexibility index (Phi) is 10.9. The summed E-state index contributed by atoms with van der Waals surface area (Å²) in [6, 6.07) is 10.8. The molecule has 0 spiro atoms. The zero-order valence-electron chi connectivity index (χ0n) is 20.1. The van der Waals surface area contributed by atoms with Crippen molar-refractivity contribution in [2.24, 2.45) is 5.92 Å². The van der Waals surface area contributed by atoms with Gasteiger partial charge in [-0.2, -0.15) is 0 Å². The van der Waals surface area contributed by atoms with E-state index in [9.17, 15) is 18.0 Å². The number of hydrogen-bond donors (Lipinski definition) is 1. The summed E-state index contributed by atoms with van der Waals surface area (Å²) >= 11 is 16.1. The number of sulfonamides is 1. The molecule has 11 heteroatoms. The molecule has 1 N–H and O–H groups in total. The van der Waals surface area contributed by atoms with E-state index in [2.05, 4.69) is 21.2 Å². The molecule has 2 aromatic carbocycles. The maximum absolute atomic E-state index is 13.7. The molecule has 2 aromatic rings. The summed E-state index contributed by atoms with van der Waals surface area (Å²) in [5, 5.41) is 3.56. The van der Waals surface area contributed by atoms with E-state index in [1.54, 1.807) is 49.4 Å². The Morgan fingerprint density at radius 1 is 1.06 bits per heavy atom. The number of hydrogen-bond acceptors (Lipinski definition) is 4. The van der Waals surface area contributed by atoms with Crippen LogP contribution in [0.5, 0.6) is 0 Å². The lowest BCUT2D eigenvalue weighted by atomic mass is 10.1. The zero-order valence-corrected chi connectivity index (χ0v) is 24.0. The molecule has 0 saturated heterocycles. The third-order valence-corrected chi connectivity index (χ3v) is 7.77. The second kappa shape index (κ2) is 12.9. The number of rotatable bonds is 11. The molecule has 0 saturated carbocycles. The quantitative estimate of drug-likeness (QED) is 0.385. The van der Waals surface area contributed by atoms with Gasteiger partial charge in [-0.05, 0) is 52.5 Å². The topological polar surface area (TPSA) is 86.8 Å². The summed E-state index contributed by atoms with van der Waals surface area (Å²) in [5.74, 6) is -0.673. The van der Waals surface area contributed by atoms with Crippen molar-refractivity contribution in [3.05, 3.63) is 62.5 Å². The number of carbonyl (C=O) groups excluding carboxylic acids is 2. The fraction of sp³-hybridized carbons (Fsp3) is 0.417. The Morgan fingerprint density at radius 3 is 2.17 bits per heavy atom. The van der Waals surface area contributed by atoms with E-state index in [0.717, 1.165) is 10.6 Å². The van der Waals surface area contributed by atoms with Gasteiger partial charge >= 0.3 is 0 Å². The first-order valence-corrected chi connectivity index (χ1v) is 14.5. The van der Waals surface area contributed by atoms with E-state index in [4.69, 9.17) is 23.2 Å². The second-order valence-electron chi connectivity index (χ2n) is 8.51. The van der Waals surface area contributed by atoms with Crippen molar-refractivity contribution in [3.8, 4) is 0 Å². The third-order valence-electron chi connectivity index (χ3n) is 5.26. The first kappa shape index (κ1) is 29.4. The van der Waals surface area contributed by atoms with Gasteiger partial charge < -0.3 is 10.2 Å². The molecule has 0 aromatic heterocycles. The zero-order chi connectivity index (χ0) is 26.3. The van der Waals surface area contributed by atoms with Gasteiger partial charge in [0, 0.05) is 33.2 Å². The lowest BCUT2D eigenvalue weighted by Gasteiger charge is -2.33. The van der Waals surface area contributed by atoms with Gasteiger partial charge in [0.25, 0.3) is 0 Å². The summed E-state index contributed by atoms with van der Waals surface area (Å²) in [5.41, 5.74) is 0.794. The lowest BCUT2D eigenvalue weighted by molar-refractivity contribution is -0.140. The smallest absolute Gasteiger partial charge is 0.244 e. The van der Waals surface area contributed by atoms with Crippen LogP contribution in [-0.2, 0) is 26.2 Å². The molecule has 0 aliphatic rings. The molecule has 1 atom stereocenters. The van der Waals surface area contributed by atoms with E-state index in [1.165, 1.54) is 4.90 Å². The van der Waals surface area contributed by atoms with E-state index >= 15 is 0 Å². The maximum Gasteiger partial charge on any atom is 0.244 e. The van der Waals surface area contributed by atoms with Crippen molar-refractivity contribution in [3.63, 3.8) is 0 Å². The molecule has 2 amide bonds. The van der Waals surface area contributed by atoms with Crippen LogP contribution in [0.15, 0.2) is 46.9 Å². The third kappa shape index (κ3) is 8.10. The van der Waals surface area contributed by atoms with E-state index in [1.807, 2.05) is 13.8 Å². The van der Waals surface area contributed by atoms with Crippen LogP contribution in [0.2, 0.25) is 10.0 Å². The molecule has 0 bridgehead atoms. The van der Waals surface area contributed by atoms with Crippen molar-refractivity contribution in [1.82, 2.24) is 10.2 Å². The minimum atomic E-state index is -3.83. The minimum absolute atomic E-state index is 0.0570. The summed E-state index contributed by atoms with van der Waals surface area (Å²) in [6.45, 7) is 5.60. The number of nitrogens with zero attached hydrogens (tertiary/aromatic N) is 2. The van der Waals surface area contributed by atoms with Crippen LogP contribution in [0.3, 0.4) is 0 Å². The Bertz CT molecular complexity index is 1140. The van der Waals surface area contributed by atoms with Crippen molar-refractivity contribution < 1.29 is 18.0 Å². The number of anilines is 1. The van der Waals surface area contributed by atoms with Crippen molar-refractivity contribution >= 4 is 66.7 Å². The van der Waals surface area contributed by atoms with Crippen LogP contribution in [-0.4, -0.2) is 50.5 Å². The second-order valence-corrected chi connectivity index (χ2v) is 12.1. The summed E-state index contributed by atoms with van der Waals surface area (Å²) < 4.78 is 26.9. The van der Waals surface area contributed by atoms with Gasteiger partial charge in [0.2, 0.25) is 21.8 Å². The normalized spacial score (nSPS) is 12.3. The molecular weight excluding hydrogens is 577 g/mol. The molecule has 2 rings (SSSR count). The highest BCUT2D eigenvalue weighted by Gasteiger charge is 2.33. The molecule has 35 heavy (non-hydrogen) atoms. The van der Waals surface area contributed by atoms with Gasteiger partial charge in [-0.1, -0.05) is 62.2 Å². The Morgan fingerprint density at radius 2 is 1.66 bits per heavy atom. The molecule has 0 aliphatic carbocycles. The Hall–Kier alpha value is -1.81. The highest BCUT2D eigenvalue weighted by atomic mass is 79.9. The Labute approximate surface area is 225 Å². The SMILES string of the molecule is CC[C@H](C(=O)NCC(C)C)N(Cc1c(Cl)cccc1Cl)C(=O)CN(c1ccccc1Br)S(C)(=O)=O. The average Bonchev–Trinajstić information content (AvgIpc) is 2.77. The molecule has 7 nitrogen and oxygen atoms in total. The minimum Gasteiger partial charge on any atom is -0.354 e. The number of para-hydroxylation sites is 1. The van der Waals surface area contributed by atoms with Crippen LogP contribution in [0.4, 0.5) is 5.69 Å². The summed E-state index contributed by atoms with van der Waals surface area (Å²) in [6.07, 6.45) is 1.34. The predicted octanol–water partition coefficient (Wildman–Crippen LogP) is 5.10. The number of amides is 2. The van der Waals surface area contributed by atoms with Crippen LogP contribution >= 0.6 is 39.1 Å². The molecule has 0 aliphatic heterocycles. The van der Waals surface area contributed by atoms with E-state index in [-0.39, 0.29) is 18.4 Å². The number of nitrogens with one attached hydrogen (secondary N) is 1. The summed E-state index contributed by atoms with van der Waals surface area (Å²) in [4.78, 5) is 28.1. The first-order valence-electron chi connectivity index (χ1n) is 11.1. The van der Waals surface area contributed by atoms with Crippen LogP contribution in [0.1, 0.15) is 32.8 Å². The fourth-order valence-corrected chi connectivity index (χ4v) is 5.44. The monoisotopic (exact) mass is 605 g/mol. The number of carbonyl (C=O) groups is 2. The molecule has 0 radical (unpaired) electrons. The van der Waals surface area contributed by atoms with E-state index < -0.39 is 28.5 Å². The van der Waals surface area contributed by atoms with Crippen LogP contribution in [0.25, 0.3) is 0 Å². The van der Waals surface area contributed by atoms with Crippen molar-refractivity contribution in [1.29, 1.82) is 0 Å². The number of halogens is 3. The highest BCUT2D eigenvalue weighted by molar-refractivity contribution is 9.10. The maximum atomic E-state index is 13.7. The van der Waals surface area contributed by atoms with Crippen LogP contribution < -0.4 is 9.62 Å². The number of benzene rings is 2. The standard InChI is InChI=1S/C24H30BrCl2N3O4S/c1-5-21(24(32)28-13-16(2)3)29(14-17-19(26)10-8-11-20(17)27)23(31)15-30(35(4,33)34)22-12-7-6-9-18(22)25/h6-12,16,21H,5,13-15H2,1-4H3,(H,28,32)/t21-/m1/s1. The molecular formula is C24H30BrCl2N3O4S. The highest BCUT2D eigenvalue weighted by Crippen LogP contribution is 2.30. The first-order chi connectivity index (χ1) is 16.4. The van der Waals surface area contributed by atoms with Gasteiger partial charge in [-0.25, -0.2) is 8.42 Å². The van der Waals surface area contributed by atoms with Crippen molar-refractivity contribution in [2.75, 3.05) is 23.7 Å². The fourth-order valence-electron chi connectivity index (χ4n) is 3.44. The van der Waals surface area contributed by atoms with Gasteiger partial charge in [0.15, 0.2) is 0 Å². The molecule has 0 heterocycles. The van der Waals surface area contributed by atoms with Crippen molar-refractivity contribution in [2.45, 2.75) is 39.8 Å². The molecule has 192 valence electrons. The summed E-state index contributed by atoms with van der Waals surface area (Å²) in [7, 11) is -3.83. The largest absolute Gasteiger partial charge is 0.354 e. The lowest BCUT2D eigenvalue weighted by Crippen LogP contribution is -2.52. The van der Waals surface area contributed by atoms with Gasteiger partial charge in [-0.15, -0.1) is 0 Å². The van der Waals surface area contributed by atoms with Crippen LogP contribution in [0, 0.1) is 5.92 Å². The van der Waals surface area contributed by atoms with Gasteiger partial charge in [-0.3, -0.25) is 13.9 Å². The average molecular weight is 607 g/mol. The molecule has 0 unspecified atom stereocenters. The van der Waals surface area contributed by atoms with Gasteiger partial charge in [0.05, 0.1) is 11.9 Å². The predicted molar refractivity (Wildman–Crippen MR) is 145 cm³/mol. The molecule has 0 fully saturated rings. The van der Waals surface area contributed by atoms with E-state index in [0.29, 0.717) is 38.7 Å². The van der Waals surface area contributed by atoms with Gasteiger partial charge in [0.1, 0.15) is 12.6 Å². The Balaban J connectivity index is 2.50.